The van der Waals surface area contributed by atoms with Gasteiger partial charge in [-0.1, -0.05) is 6.07 Å². The van der Waals surface area contributed by atoms with Crippen LogP contribution in [0.2, 0.25) is 0 Å². The van der Waals surface area contributed by atoms with Gasteiger partial charge in [0.2, 0.25) is 0 Å². The van der Waals surface area contributed by atoms with Gasteiger partial charge in [0, 0.05) is 25.2 Å². The molecule has 19 heavy (non-hydrogen) atoms. The van der Waals surface area contributed by atoms with Gasteiger partial charge in [-0.15, -0.1) is 0 Å². The Balaban J connectivity index is 2.05. The molecule has 0 amide bonds. The van der Waals surface area contributed by atoms with Crippen LogP contribution in [0.15, 0.2) is 18.3 Å². The van der Waals surface area contributed by atoms with E-state index in [2.05, 4.69) is 28.9 Å². The minimum atomic E-state index is -0.419. The number of aliphatic hydroxyl groups is 1. The molecule has 0 spiro atoms. The normalized spacial score (nSPS) is 24.1. The Morgan fingerprint density at radius 2 is 2.26 bits per heavy atom. The number of likely N-dealkylation sites (N-methyl/N-ethyl adjacent to an activating group) is 2. The minimum Gasteiger partial charge on any atom is -0.391 e. The van der Waals surface area contributed by atoms with Crippen molar-refractivity contribution in [1.82, 2.24) is 14.8 Å². The number of hydrogen-bond donors (Lipinski definition) is 2. The van der Waals surface area contributed by atoms with E-state index in [1.807, 2.05) is 12.1 Å². The zero-order chi connectivity index (χ0) is 13.8. The Morgan fingerprint density at radius 3 is 3.00 bits per heavy atom. The third-order valence-electron chi connectivity index (χ3n) is 3.91. The van der Waals surface area contributed by atoms with E-state index in [4.69, 9.17) is 5.73 Å². The smallest absolute Gasteiger partial charge is 0.126 e. The topological polar surface area (TPSA) is 65.6 Å². The van der Waals surface area contributed by atoms with E-state index >= 15 is 0 Å². The maximum atomic E-state index is 10.5. The number of pyridine rings is 1. The summed E-state index contributed by atoms with van der Waals surface area (Å²) in [6.45, 7) is 3.00. The highest BCUT2D eigenvalue weighted by molar-refractivity contribution is 5.38. The van der Waals surface area contributed by atoms with Gasteiger partial charge in [-0.2, -0.15) is 0 Å². The molecule has 1 aliphatic rings. The lowest BCUT2D eigenvalue weighted by atomic mass is 10.0. The molecule has 1 aromatic rings. The molecule has 0 saturated carbocycles. The number of nitrogens with two attached hydrogens (primary N) is 1. The van der Waals surface area contributed by atoms with Crippen LogP contribution < -0.4 is 5.73 Å². The van der Waals surface area contributed by atoms with Crippen molar-refractivity contribution in [2.24, 2.45) is 0 Å². The van der Waals surface area contributed by atoms with Gasteiger partial charge in [-0.25, -0.2) is 4.98 Å². The highest BCUT2D eigenvalue weighted by Crippen LogP contribution is 2.16. The Hall–Kier alpha value is -1.17. The van der Waals surface area contributed by atoms with Crippen molar-refractivity contribution in [3.05, 3.63) is 23.9 Å². The molecule has 2 unspecified atom stereocenters. The summed E-state index contributed by atoms with van der Waals surface area (Å²) in [5.74, 6) is 0.520. The summed E-state index contributed by atoms with van der Waals surface area (Å²) in [5, 5.41) is 10.5. The van der Waals surface area contributed by atoms with E-state index in [0.717, 1.165) is 31.6 Å². The van der Waals surface area contributed by atoms with Crippen LogP contribution in [-0.4, -0.2) is 65.8 Å². The molecule has 0 aliphatic carbocycles. The highest BCUT2D eigenvalue weighted by Gasteiger charge is 2.27. The summed E-state index contributed by atoms with van der Waals surface area (Å²) in [4.78, 5) is 8.60. The Labute approximate surface area is 115 Å². The van der Waals surface area contributed by atoms with E-state index in [-0.39, 0.29) is 6.04 Å². The van der Waals surface area contributed by atoms with E-state index in [9.17, 15) is 5.11 Å². The van der Waals surface area contributed by atoms with Crippen molar-refractivity contribution >= 4 is 5.82 Å². The molecule has 1 aliphatic heterocycles. The van der Waals surface area contributed by atoms with Gasteiger partial charge in [-0.3, -0.25) is 4.90 Å². The largest absolute Gasteiger partial charge is 0.391 e. The van der Waals surface area contributed by atoms with Crippen LogP contribution in [0.3, 0.4) is 0 Å². The first-order valence-electron chi connectivity index (χ1n) is 6.84. The van der Waals surface area contributed by atoms with E-state index in [1.165, 1.54) is 0 Å². The fraction of sp³-hybridized carbons (Fsp3) is 0.643. The molecule has 3 N–H and O–H groups in total. The molecular formula is C14H24N4O. The Kier molecular flexibility index (Phi) is 4.74. The van der Waals surface area contributed by atoms with Gasteiger partial charge in [-0.05, 0) is 45.2 Å². The molecule has 0 radical (unpaired) electrons. The lowest BCUT2D eigenvalue weighted by Crippen LogP contribution is -2.47. The maximum absolute atomic E-state index is 10.5. The second-order valence-corrected chi connectivity index (χ2v) is 5.48. The van der Waals surface area contributed by atoms with Crippen LogP contribution in [-0.2, 0) is 6.42 Å². The van der Waals surface area contributed by atoms with E-state index < -0.39 is 6.10 Å². The highest BCUT2D eigenvalue weighted by atomic mass is 16.3. The molecule has 1 aromatic heterocycles. The van der Waals surface area contributed by atoms with Crippen LogP contribution in [0.1, 0.15) is 12.0 Å². The second-order valence-electron chi connectivity index (χ2n) is 5.48. The van der Waals surface area contributed by atoms with Crippen LogP contribution in [0.25, 0.3) is 0 Å². The summed E-state index contributed by atoms with van der Waals surface area (Å²) in [6, 6.07) is 3.94. The predicted molar refractivity (Wildman–Crippen MR) is 76.9 cm³/mol. The number of hydrogen-bond acceptors (Lipinski definition) is 5. The third kappa shape index (κ3) is 3.65. The summed E-state index contributed by atoms with van der Waals surface area (Å²) >= 11 is 0. The summed E-state index contributed by atoms with van der Waals surface area (Å²) in [6.07, 6.45) is 2.96. The number of aromatic nitrogens is 1. The average Bonchev–Trinajstić information content (AvgIpc) is 2.54. The molecule has 0 bridgehead atoms. The molecule has 2 rings (SSSR count). The average molecular weight is 264 g/mol. The first-order valence-corrected chi connectivity index (χ1v) is 6.84. The van der Waals surface area contributed by atoms with Crippen LogP contribution in [0.4, 0.5) is 5.82 Å². The molecule has 1 fully saturated rings. The lowest BCUT2D eigenvalue weighted by molar-refractivity contribution is 0.0582. The predicted octanol–water partition coefficient (Wildman–Crippen LogP) is 0.203. The first kappa shape index (κ1) is 14.2. The first-order chi connectivity index (χ1) is 9.08. The van der Waals surface area contributed by atoms with Crippen molar-refractivity contribution in [3.63, 3.8) is 0 Å². The van der Waals surface area contributed by atoms with Crippen LogP contribution >= 0.6 is 0 Å². The van der Waals surface area contributed by atoms with Gasteiger partial charge in [0.15, 0.2) is 0 Å². The minimum absolute atomic E-state index is 0.145. The summed E-state index contributed by atoms with van der Waals surface area (Å²) < 4.78 is 0. The van der Waals surface area contributed by atoms with Gasteiger partial charge < -0.3 is 15.7 Å². The lowest BCUT2D eigenvalue weighted by Gasteiger charge is -2.31. The summed E-state index contributed by atoms with van der Waals surface area (Å²) in [5.41, 5.74) is 6.77. The Bertz CT molecular complexity index is 412. The zero-order valence-corrected chi connectivity index (χ0v) is 11.8. The molecule has 5 heteroatoms. The maximum Gasteiger partial charge on any atom is 0.126 e. The zero-order valence-electron chi connectivity index (χ0n) is 11.8. The summed E-state index contributed by atoms with van der Waals surface area (Å²) in [7, 11) is 4.19. The van der Waals surface area contributed by atoms with Gasteiger partial charge in [0.05, 0.1) is 6.10 Å². The molecule has 5 nitrogen and oxygen atoms in total. The molecule has 106 valence electrons. The van der Waals surface area contributed by atoms with Crippen molar-refractivity contribution in [2.75, 3.05) is 39.5 Å². The number of anilines is 1. The number of aliphatic hydroxyl groups excluding tert-OH is 1. The molecule has 2 heterocycles. The van der Waals surface area contributed by atoms with Crippen molar-refractivity contribution in [1.29, 1.82) is 0 Å². The van der Waals surface area contributed by atoms with Gasteiger partial charge in [0.1, 0.15) is 5.82 Å². The second kappa shape index (κ2) is 6.32. The third-order valence-corrected chi connectivity index (χ3v) is 3.91. The monoisotopic (exact) mass is 264 g/mol. The van der Waals surface area contributed by atoms with Crippen LogP contribution in [0, 0.1) is 0 Å². The van der Waals surface area contributed by atoms with E-state index in [1.54, 1.807) is 6.20 Å². The fourth-order valence-corrected chi connectivity index (χ4v) is 2.71. The van der Waals surface area contributed by atoms with Gasteiger partial charge in [0.25, 0.3) is 0 Å². The Morgan fingerprint density at radius 1 is 1.47 bits per heavy atom. The molecule has 2 atom stereocenters. The molecule has 1 saturated heterocycles. The molecule has 0 aromatic carbocycles. The van der Waals surface area contributed by atoms with Gasteiger partial charge >= 0.3 is 0 Å². The standard InChI is InChI=1S/C14H24N4O/c1-17-7-4-8-18(2)12(10-17)13(19)9-11-5-3-6-16-14(11)15/h3,5-6,12-13,19H,4,7-10H2,1-2H3,(H2,15,16). The number of rotatable bonds is 3. The number of nitrogens with zero attached hydrogens (tertiary/aromatic N) is 3. The quantitative estimate of drug-likeness (QED) is 0.816. The fourth-order valence-electron chi connectivity index (χ4n) is 2.71. The number of nitrogen functional groups attached to an aromatic ring is 1. The van der Waals surface area contributed by atoms with Crippen molar-refractivity contribution in [2.45, 2.75) is 25.0 Å². The molecular weight excluding hydrogens is 240 g/mol. The van der Waals surface area contributed by atoms with Crippen LogP contribution in [0.5, 0.6) is 0 Å². The van der Waals surface area contributed by atoms with Crippen molar-refractivity contribution < 1.29 is 5.11 Å². The van der Waals surface area contributed by atoms with Crippen molar-refractivity contribution in [3.8, 4) is 0 Å². The van der Waals surface area contributed by atoms with E-state index in [0.29, 0.717) is 12.2 Å². The SMILES string of the molecule is CN1CCCN(C)C(C(O)Cc2cccnc2N)C1.